The van der Waals surface area contributed by atoms with E-state index in [2.05, 4.69) is 60.4 Å². The molecule has 1 saturated heterocycles. The lowest BCUT2D eigenvalue weighted by atomic mass is 9.35. The molecule has 3 heteroatoms. The van der Waals surface area contributed by atoms with Gasteiger partial charge in [0, 0.05) is 12.6 Å². The van der Waals surface area contributed by atoms with E-state index in [-0.39, 0.29) is 22.3 Å². The molecule has 0 radical (unpaired) electrons. The van der Waals surface area contributed by atoms with Crippen LogP contribution in [0.3, 0.4) is 0 Å². The summed E-state index contributed by atoms with van der Waals surface area (Å²) in [7, 11) is 2.42. The topological polar surface area (TPSA) is 43.7 Å². The zero-order valence-corrected chi connectivity index (χ0v) is 23.7. The van der Waals surface area contributed by atoms with Gasteiger partial charge in [-0.2, -0.15) is 0 Å². The van der Waals surface area contributed by atoms with Crippen LogP contribution in [0.1, 0.15) is 113 Å². The van der Waals surface area contributed by atoms with Gasteiger partial charge in [0.25, 0.3) is 0 Å². The van der Waals surface area contributed by atoms with Crippen molar-refractivity contribution in [3.63, 3.8) is 0 Å². The molecule has 5 aliphatic rings. The first-order valence-corrected chi connectivity index (χ1v) is 14.7. The van der Waals surface area contributed by atoms with Crippen molar-refractivity contribution in [2.45, 2.75) is 125 Å². The predicted molar refractivity (Wildman–Crippen MR) is 140 cm³/mol. The van der Waals surface area contributed by atoms with Crippen LogP contribution in [0.4, 0.5) is 0 Å². The molecule has 9 atom stereocenters. The highest BCUT2D eigenvalue weighted by Crippen LogP contribution is 2.74. The number of aliphatic hydroxyl groups excluding tert-OH is 2. The van der Waals surface area contributed by atoms with Crippen LogP contribution in [0.5, 0.6) is 0 Å². The van der Waals surface area contributed by atoms with Gasteiger partial charge >= 0.3 is 0 Å². The summed E-state index contributed by atoms with van der Waals surface area (Å²) in [6, 6.07) is 0.560. The second-order valence-corrected chi connectivity index (χ2v) is 16.1. The molecule has 5 fully saturated rings. The summed E-state index contributed by atoms with van der Waals surface area (Å²) in [5.74, 6) is 1.91. The average Bonchev–Trinajstić information content (AvgIpc) is 2.84. The van der Waals surface area contributed by atoms with Crippen LogP contribution in [-0.2, 0) is 0 Å². The summed E-state index contributed by atoms with van der Waals surface area (Å²) >= 11 is 0. The van der Waals surface area contributed by atoms with Crippen molar-refractivity contribution in [2.24, 2.45) is 50.2 Å². The van der Waals surface area contributed by atoms with Gasteiger partial charge < -0.3 is 15.1 Å². The zero-order valence-electron chi connectivity index (χ0n) is 23.7. The lowest BCUT2D eigenvalue weighted by Crippen LogP contribution is -2.67. The van der Waals surface area contributed by atoms with E-state index in [9.17, 15) is 10.2 Å². The van der Waals surface area contributed by atoms with Crippen molar-refractivity contribution in [3.05, 3.63) is 0 Å². The highest BCUT2D eigenvalue weighted by atomic mass is 16.3. The van der Waals surface area contributed by atoms with Crippen LogP contribution in [0.2, 0.25) is 0 Å². The number of nitrogens with zero attached hydrogens (tertiary/aromatic N) is 1. The molecule has 0 aromatic carbocycles. The quantitative estimate of drug-likeness (QED) is 0.456. The predicted octanol–water partition coefficient (Wildman–Crippen LogP) is 6.52. The number of rotatable bonds is 1. The fraction of sp³-hybridized carbons (Fsp3) is 1.00. The van der Waals surface area contributed by atoms with Crippen molar-refractivity contribution >= 4 is 0 Å². The van der Waals surface area contributed by atoms with E-state index < -0.39 is 0 Å². The van der Waals surface area contributed by atoms with Gasteiger partial charge in [-0.25, -0.2) is 0 Å². The molecule has 0 spiro atoms. The van der Waals surface area contributed by atoms with Gasteiger partial charge in [-0.05, 0) is 128 Å². The molecule has 0 aromatic rings. The molecule has 34 heavy (non-hydrogen) atoms. The van der Waals surface area contributed by atoms with E-state index in [1.165, 1.54) is 64.3 Å². The molecule has 0 bridgehead atoms. The SMILES string of the molecule is CN1CC[C@@H]2[C@@]3(C)CC[C@H](O)C(C)(C)[C@@H]3CC[C@@]2(C)[C@]2(C)CC[C@@]3(CO)CCC(C)(C)C[C@@H]3C12. The first kappa shape index (κ1) is 25.5. The van der Waals surface area contributed by atoms with Gasteiger partial charge in [0.15, 0.2) is 0 Å². The van der Waals surface area contributed by atoms with Gasteiger partial charge in [-0.1, -0.05) is 48.5 Å². The standard InChI is InChI=1S/C31H55NO2/c1-26(2)14-16-31(20-33)17-15-30(7)25(21(31)19-26)32(8)18-11-23-28(5)12-10-24(34)27(3,4)22(28)9-13-29(23,30)6/h21-25,33-34H,9-20H2,1-8H3/t21-,22+,23-,24+,25?,28+,29-,30-,31-/m1/s1. The molecule has 1 aliphatic heterocycles. The lowest BCUT2D eigenvalue weighted by Gasteiger charge is -2.70. The molecule has 196 valence electrons. The van der Waals surface area contributed by atoms with E-state index in [1.54, 1.807) is 0 Å². The van der Waals surface area contributed by atoms with Crippen LogP contribution >= 0.6 is 0 Å². The minimum atomic E-state index is -0.156. The number of hydrogen-bond acceptors (Lipinski definition) is 3. The molecule has 2 N–H and O–H groups in total. The maximum absolute atomic E-state index is 11.0. The number of fused-ring (bicyclic) bond motifs is 7. The first-order valence-electron chi connectivity index (χ1n) is 14.7. The van der Waals surface area contributed by atoms with E-state index in [0.29, 0.717) is 46.6 Å². The number of aliphatic hydroxyl groups is 2. The van der Waals surface area contributed by atoms with Crippen molar-refractivity contribution < 1.29 is 10.2 Å². The normalized spacial score (nSPS) is 54.7. The molecule has 0 amide bonds. The molecule has 5 rings (SSSR count). The van der Waals surface area contributed by atoms with Gasteiger partial charge in [-0.15, -0.1) is 0 Å². The van der Waals surface area contributed by atoms with Crippen LogP contribution in [0.15, 0.2) is 0 Å². The number of likely N-dealkylation sites (tertiary alicyclic amines) is 1. The summed E-state index contributed by atoms with van der Waals surface area (Å²) in [6.45, 7) is 19.2. The molecular formula is C31H55NO2. The average molecular weight is 474 g/mol. The fourth-order valence-corrected chi connectivity index (χ4v) is 11.6. The Morgan fingerprint density at radius 3 is 2.12 bits per heavy atom. The Labute approximate surface area is 210 Å². The fourth-order valence-electron chi connectivity index (χ4n) is 11.6. The Kier molecular flexibility index (Phi) is 5.78. The second kappa shape index (κ2) is 7.70. The first-order chi connectivity index (χ1) is 15.7. The van der Waals surface area contributed by atoms with E-state index >= 15 is 0 Å². The second-order valence-electron chi connectivity index (χ2n) is 16.1. The van der Waals surface area contributed by atoms with Crippen molar-refractivity contribution in [3.8, 4) is 0 Å². The minimum absolute atomic E-state index is 0.0127. The summed E-state index contributed by atoms with van der Waals surface area (Å²) in [5.41, 5.74) is 1.41. The molecule has 4 saturated carbocycles. The molecule has 1 unspecified atom stereocenters. The Balaban J connectivity index is 1.59. The third kappa shape index (κ3) is 3.17. The third-order valence-electron chi connectivity index (χ3n) is 13.9. The lowest BCUT2D eigenvalue weighted by molar-refractivity contribution is -0.222. The Morgan fingerprint density at radius 1 is 0.765 bits per heavy atom. The summed E-state index contributed by atoms with van der Waals surface area (Å²) in [4.78, 5) is 2.78. The van der Waals surface area contributed by atoms with Crippen LogP contribution in [-0.4, -0.2) is 47.5 Å². The van der Waals surface area contributed by atoms with Gasteiger partial charge in [0.1, 0.15) is 0 Å². The summed E-state index contributed by atoms with van der Waals surface area (Å²) < 4.78 is 0. The molecular weight excluding hydrogens is 418 g/mol. The van der Waals surface area contributed by atoms with E-state index in [4.69, 9.17) is 0 Å². The monoisotopic (exact) mass is 473 g/mol. The van der Waals surface area contributed by atoms with Crippen molar-refractivity contribution in [2.75, 3.05) is 20.2 Å². The Bertz CT molecular complexity index is 807. The minimum Gasteiger partial charge on any atom is -0.396 e. The highest BCUT2D eigenvalue weighted by Gasteiger charge is 2.69. The van der Waals surface area contributed by atoms with E-state index in [1.807, 2.05) is 0 Å². The smallest absolute Gasteiger partial charge is 0.0594 e. The summed E-state index contributed by atoms with van der Waals surface area (Å²) in [6.07, 6.45) is 12.0. The molecule has 3 nitrogen and oxygen atoms in total. The molecule has 0 aromatic heterocycles. The van der Waals surface area contributed by atoms with Gasteiger partial charge in [0.2, 0.25) is 0 Å². The van der Waals surface area contributed by atoms with Crippen molar-refractivity contribution in [1.82, 2.24) is 4.90 Å². The van der Waals surface area contributed by atoms with Crippen LogP contribution < -0.4 is 0 Å². The molecule has 4 aliphatic carbocycles. The number of hydrogen-bond donors (Lipinski definition) is 2. The van der Waals surface area contributed by atoms with Crippen LogP contribution in [0, 0.1) is 50.2 Å². The van der Waals surface area contributed by atoms with Gasteiger partial charge in [0.05, 0.1) is 6.10 Å². The van der Waals surface area contributed by atoms with E-state index in [0.717, 1.165) is 6.42 Å². The zero-order chi connectivity index (χ0) is 24.9. The van der Waals surface area contributed by atoms with Crippen LogP contribution in [0.25, 0.3) is 0 Å². The van der Waals surface area contributed by atoms with Crippen molar-refractivity contribution in [1.29, 1.82) is 0 Å². The Morgan fingerprint density at radius 2 is 1.44 bits per heavy atom. The molecule has 1 heterocycles. The Hall–Kier alpha value is -0.120. The highest BCUT2D eigenvalue weighted by molar-refractivity contribution is 5.19. The maximum atomic E-state index is 11.0. The third-order valence-corrected chi connectivity index (χ3v) is 13.9. The maximum Gasteiger partial charge on any atom is 0.0594 e. The summed E-state index contributed by atoms with van der Waals surface area (Å²) in [5, 5.41) is 21.8. The largest absolute Gasteiger partial charge is 0.396 e. The van der Waals surface area contributed by atoms with Gasteiger partial charge in [-0.3, -0.25) is 0 Å².